The smallest absolute Gasteiger partial charge is 0.250 e. The number of aromatic nitrogens is 2. The molecule has 0 saturated carbocycles. The van der Waals surface area contributed by atoms with Gasteiger partial charge in [-0.05, 0) is 37.5 Å². The molecule has 1 saturated heterocycles. The highest BCUT2D eigenvalue weighted by atomic mass is 32.2. The van der Waals surface area contributed by atoms with Gasteiger partial charge in [0.2, 0.25) is 15.9 Å². The van der Waals surface area contributed by atoms with Crippen LogP contribution in [0.15, 0.2) is 57.7 Å². The second kappa shape index (κ2) is 9.35. The fourth-order valence-electron chi connectivity index (χ4n) is 3.59. The van der Waals surface area contributed by atoms with E-state index in [0.717, 1.165) is 24.1 Å². The number of anilines is 1. The van der Waals surface area contributed by atoms with Crippen LogP contribution in [-0.2, 0) is 27.8 Å². The predicted molar refractivity (Wildman–Crippen MR) is 123 cm³/mol. The van der Waals surface area contributed by atoms with Gasteiger partial charge in [-0.1, -0.05) is 18.2 Å². The Morgan fingerprint density at radius 3 is 2.66 bits per heavy atom. The van der Waals surface area contributed by atoms with E-state index in [9.17, 15) is 18.0 Å². The summed E-state index contributed by atoms with van der Waals surface area (Å²) in [7, 11) is -3.61. The van der Waals surface area contributed by atoms with Gasteiger partial charge in [0.05, 0.1) is 23.6 Å². The molecule has 1 aromatic carbocycles. The number of pyridine rings is 1. The molecule has 3 heterocycles. The van der Waals surface area contributed by atoms with Gasteiger partial charge in [-0.3, -0.25) is 9.59 Å². The lowest BCUT2D eigenvalue weighted by Crippen LogP contribution is -2.29. The second-order valence-corrected chi connectivity index (χ2v) is 10.6. The SMILES string of the molecule is Cc1ccccc1NC(=O)Cc1nc(Cn2cc(S(=O)(=O)N3CCCC3)ccc2=O)cs1. The fraction of sp³-hybridized carbons (Fsp3) is 0.318. The Bertz CT molecular complexity index is 1290. The number of hydrogen-bond acceptors (Lipinski definition) is 6. The average Bonchev–Trinajstić information content (AvgIpc) is 3.44. The van der Waals surface area contributed by atoms with Crippen LogP contribution >= 0.6 is 11.3 Å². The van der Waals surface area contributed by atoms with Crippen LogP contribution in [0.2, 0.25) is 0 Å². The molecule has 0 aliphatic carbocycles. The molecule has 0 unspecified atom stereocenters. The molecule has 4 rings (SSSR count). The van der Waals surface area contributed by atoms with Crippen LogP contribution in [0.1, 0.15) is 29.1 Å². The lowest BCUT2D eigenvalue weighted by molar-refractivity contribution is -0.115. The number of carbonyl (C=O) groups excluding carboxylic acids is 1. The van der Waals surface area contributed by atoms with E-state index < -0.39 is 10.0 Å². The summed E-state index contributed by atoms with van der Waals surface area (Å²) < 4.78 is 28.4. The standard InChI is InChI=1S/C22H24N4O4S2/c1-16-6-2-3-7-19(16)24-20(27)12-21-23-17(15-31-21)13-25-14-18(8-9-22(25)28)32(29,30)26-10-4-5-11-26/h2-3,6-9,14-15H,4-5,10-13H2,1H3,(H,24,27). The molecule has 1 amide bonds. The number of sulfonamides is 1. The Morgan fingerprint density at radius 2 is 1.91 bits per heavy atom. The van der Waals surface area contributed by atoms with Crippen LogP contribution in [-0.4, -0.2) is 41.3 Å². The quantitative estimate of drug-likeness (QED) is 0.570. The maximum Gasteiger partial charge on any atom is 0.250 e. The van der Waals surface area contributed by atoms with Gasteiger partial charge in [0.15, 0.2) is 0 Å². The van der Waals surface area contributed by atoms with Crippen molar-refractivity contribution >= 4 is 33.0 Å². The van der Waals surface area contributed by atoms with Crippen molar-refractivity contribution in [1.29, 1.82) is 0 Å². The van der Waals surface area contributed by atoms with Crippen LogP contribution in [0.25, 0.3) is 0 Å². The molecule has 1 aliphatic rings. The summed E-state index contributed by atoms with van der Waals surface area (Å²) in [6.07, 6.45) is 3.19. The van der Waals surface area contributed by atoms with E-state index in [1.807, 2.05) is 31.2 Å². The molecule has 0 atom stereocenters. The number of hydrogen-bond donors (Lipinski definition) is 1. The summed E-state index contributed by atoms with van der Waals surface area (Å²) in [5, 5.41) is 5.29. The van der Waals surface area contributed by atoms with Crippen molar-refractivity contribution in [1.82, 2.24) is 13.9 Å². The van der Waals surface area contributed by atoms with E-state index in [2.05, 4.69) is 10.3 Å². The third-order valence-electron chi connectivity index (χ3n) is 5.32. The summed E-state index contributed by atoms with van der Waals surface area (Å²) in [6, 6.07) is 10.2. The number of amides is 1. The first-order valence-electron chi connectivity index (χ1n) is 10.3. The fourth-order valence-corrected chi connectivity index (χ4v) is 5.91. The first-order chi connectivity index (χ1) is 15.3. The molecule has 0 bridgehead atoms. The van der Waals surface area contributed by atoms with Gasteiger partial charge < -0.3 is 9.88 Å². The number of nitrogens with one attached hydrogen (secondary N) is 1. The monoisotopic (exact) mass is 472 g/mol. The van der Waals surface area contributed by atoms with E-state index in [0.29, 0.717) is 23.8 Å². The van der Waals surface area contributed by atoms with Crippen LogP contribution in [0.3, 0.4) is 0 Å². The zero-order chi connectivity index (χ0) is 22.7. The van der Waals surface area contributed by atoms with Gasteiger partial charge in [0.25, 0.3) is 5.56 Å². The number of benzene rings is 1. The molecule has 3 aromatic rings. The van der Waals surface area contributed by atoms with Crippen LogP contribution in [0.4, 0.5) is 5.69 Å². The van der Waals surface area contributed by atoms with Gasteiger partial charge in [-0.2, -0.15) is 4.31 Å². The van der Waals surface area contributed by atoms with Crippen molar-refractivity contribution in [2.75, 3.05) is 18.4 Å². The summed E-state index contributed by atoms with van der Waals surface area (Å²) in [5.74, 6) is -0.170. The van der Waals surface area contributed by atoms with E-state index in [-0.39, 0.29) is 29.3 Å². The largest absolute Gasteiger partial charge is 0.325 e. The van der Waals surface area contributed by atoms with Crippen molar-refractivity contribution in [2.45, 2.75) is 37.6 Å². The molecule has 0 spiro atoms. The van der Waals surface area contributed by atoms with E-state index in [1.54, 1.807) is 5.38 Å². The van der Waals surface area contributed by atoms with Gasteiger partial charge >= 0.3 is 0 Å². The zero-order valence-corrected chi connectivity index (χ0v) is 19.3. The molecule has 32 heavy (non-hydrogen) atoms. The summed E-state index contributed by atoms with van der Waals surface area (Å²) in [5.41, 5.74) is 2.03. The van der Waals surface area contributed by atoms with Crippen molar-refractivity contribution < 1.29 is 13.2 Å². The van der Waals surface area contributed by atoms with Gasteiger partial charge in [-0.25, -0.2) is 13.4 Å². The third kappa shape index (κ3) is 4.98. The molecule has 168 valence electrons. The summed E-state index contributed by atoms with van der Waals surface area (Å²) in [4.78, 5) is 29.2. The topological polar surface area (TPSA) is 101 Å². The minimum absolute atomic E-state index is 0.104. The molecular weight excluding hydrogens is 448 g/mol. The van der Waals surface area contributed by atoms with E-state index in [1.165, 1.54) is 38.5 Å². The maximum absolute atomic E-state index is 12.8. The lowest BCUT2D eigenvalue weighted by Gasteiger charge is -2.16. The Kier molecular flexibility index (Phi) is 6.54. The van der Waals surface area contributed by atoms with Crippen molar-refractivity contribution in [3.05, 3.63) is 74.6 Å². The molecule has 2 aromatic heterocycles. The Hall–Kier alpha value is -2.82. The zero-order valence-electron chi connectivity index (χ0n) is 17.7. The number of aryl methyl sites for hydroxylation is 1. The van der Waals surface area contributed by atoms with Crippen LogP contribution in [0, 0.1) is 6.92 Å². The lowest BCUT2D eigenvalue weighted by atomic mass is 10.2. The first-order valence-corrected chi connectivity index (χ1v) is 12.6. The second-order valence-electron chi connectivity index (χ2n) is 7.71. The summed E-state index contributed by atoms with van der Waals surface area (Å²) >= 11 is 1.33. The number of carbonyl (C=O) groups is 1. The summed E-state index contributed by atoms with van der Waals surface area (Å²) in [6.45, 7) is 3.06. The highest BCUT2D eigenvalue weighted by molar-refractivity contribution is 7.89. The van der Waals surface area contributed by atoms with Crippen molar-refractivity contribution in [3.63, 3.8) is 0 Å². The van der Waals surface area contributed by atoms with Crippen molar-refractivity contribution in [3.8, 4) is 0 Å². The number of rotatable bonds is 7. The Morgan fingerprint density at radius 1 is 1.16 bits per heavy atom. The van der Waals surface area contributed by atoms with Gasteiger partial charge in [0.1, 0.15) is 5.01 Å². The minimum atomic E-state index is -3.61. The molecule has 10 heteroatoms. The van der Waals surface area contributed by atoms with E-state index in [4.69, 9.17) is 0 Å². The highest BCUT2D eigenvalue weighted by Crippen LogP contribution is 2.20. The molecule has 1 N–H and O–H groups in total. The number of thiazole rings is 1. The third-order valence-corrected chi connectivity index (χ3v) is 8.10. The van der Waals surface area contributed by atoms with Crippen LogP contribution < -0.4 is 10.9 Å². The predicted octanol–water partition coefficient (Wildman–Crippen LogP) is 2.63. The van der Waals surface area contributed by atoms with Gasteiger partial charge in [-0.15, -0.1) is 11.3 Å². The molecule has 1 fully saturated rings. The normalized spacial score (nSPS) is 14.5. The highest BCUT2D eigenvalue weighted by Gasteiger charge is 2.27. The van der Waals surface area contributed by atoms with E-state index >= 15 is 0 Å². The maximum atomic E-state index is 12.8. The van der Waals surface area contributed by atoms with Crippen molar-refractivity contribution in [2.24, 2.45) is 0 Å². The minimum Gasteiger partial charge on any atom is -0.325 e. The molecule has 1 aliphatic heterocycles. The Balaban J connectivity index is 1.46. The van der Waals surface area contributed by atoms with Crippen LogP contribution in [0.5, 0.6) is 0 Å². The van der Waals surface area contributed by atoms with Gasteiger partial charge in [0, 0.05) is 36.4 Å². The average molecular weight is 473 g/mol. The molecule has 8 nitrogen and oxygen atoms in total. The number of nitrogens with zero attached hydrogens (tertiary/aromatic N) is 3. The molecule has 0 radical (unpaired) electrons. The number of para-hydroxylation sites is 1. The molecular formula is C22H24N4O4S2. The first kappa shape index (κ1) is 22.4. The Labute approximate surface area is 190 Å².